The first-order valence-corrected chi connectivity index (χ1v) is 4.82. The molecule has 0 radical (unpaired) electrons. The van der Waals surface area contributed by atoms with Crippen LogP contribution in [0.1, 0.15) is 44.6 Å². The predicted molar refractivity (Wildman–Crippen MR) is 52.8 cm³/mol. The van der Waals surface area contributed by atoms with Crippen molar-refractivity contribution in [2.45, 2.75) is 27.2 Å². The summed E-state index contributed by atoms with van der Waals surface area (Å²) in [6.45, 7) is 5.50. The van der Waals surface area contributed by atoms with Gasteiger partial charge in [0.1, 0.15) is 0 Å². The van der Waals surface area contributed by atoms with Gasteiger partial charge in [-0.05, 0) is 25.8 Å². The highest BCUT2D eigenvalue weighted by Gasteiger charge is 2.34. The molecule has 0 spiro atoms. The average molecular weight is 205 g/mol. The summed E-state index contributed by atoms with van der Waals surface area (Å²) in [6, 6.07) is 0. The predicted octanol–water partition coefficient (Wildman–Crippen LogP) is 1.57. The number of pyridine rings is 1. The third kappa shape index (κ3) is 1.25. The standard InChI is InChI=1S/C11H11NO3/c1-4-7-9-8(5(2)6(3)12-7)10(13)15-11(9)14/h4H2,1-3H3. The van der Waals surface area contributed by atoms with E-state index in [0.717, 1.165) is 11.3 Å². The molecule has 0 N–H and O–H groups in total. The summed E-state index contributed by atoms with van der Waals surface area (Å²) >= 11 is 0. The van der Waals surface area contributed by atoms with Gasteiger partial charge < -0.3 is 4.74 Å². The summed E-state index contributed by atoms with van der Waals surface area (Å²) in [5.41, 5.74) is 2.90. The van der Waals surface area contributed by atoms with E-state index in [2.05, 4.69) is 9.72 Å². The molecule has 0 fully saturated rings. The molecule has 1 aromatic rings. The Morgan fingerprint density at radius 2 is 1.73 bits per heavy atom. The van der Waals surface area contributed by atoms with E-state index in [1.54, 1.807) is 6.92 Å². The number of aromatic nitrogens is 1. The van der Waals surface area contributed by atoms with Crippen LogP contribution in [0.2, 0.25) is 0 Å². The minimum Gasteiger partial charge on any atom is -0.386 e. The Bertz CT molecular complexity index is 477. The van der Waals surface area contributed by atoms with Crippen LogP contribution in [0.3, 0.4) is 0 Å². The second-order valence-electron chi connectivity index (χ2n) is 3.55. The molecule has 4 heteroatoms. The van der Waals surface area contributed by atoms with Crippen molar-refractivity contribution in [1.82, 2.24) is 4.98 Å². The molecular formula is C11H11NO3. The number of esters is 2. The molecule has 2 heterocycles. The van der Waals surface area contributed by atoms with Gasteiger partial charge in [-0.3, -0.25) is 4.98 Å². The lowest BCUT2D eigenvalue weighted by Gasteiger charge is -2.06. The maximum absolute atomic E-state index is 11.4. The maximum atomic E-state index is 11.4. The summed E-state index contributed by atoms with van der Waals surface area (Å²) in [7, 11) is 0. The van der Waals surface area contributed by atoms with Crippen LogP contribution in [0.5, 0.6) is 0 Å². The third-order valence-corrected chi connectivity index (χ3v) is 2.69. The molecule has 0 atom stereocenters. The molecule has 2 rings (SSSR count). The lowest BCUT2D eigenvalue weighted by atomic mass is 10.0. The molecule has 1 aliphatic rings. The maximum Gasteiger partial charge on any atom is 0.348 e. The number of ether oxygens (including phenoxy) is 1. The van der Waals surface area contributed by atoms with E-state index in [9.17, 15) is 9.59 Å². The molecule has 15 heavy (non-hydrogen) atoms. The van der Waals surface area contributed by atoms with E-state index in [-0.39, 0.29) is 0 Å². The van der Waals surface area contributed by atoms with Crippen molar-refractivity contribution >= 4 is 11.9 Å². The molecule has 1 aliphatic heterocycles. The van der Waals surface area contributed by atoms with Crippen molar-refractivity contribution in [2.75, 3.05) is 0 Å². The molecule has 78 valence electrons. The van der Waals surface area contributed by atoms with Crippen molar-refractivity contribution < 1.29 is 14.3 Å². The van der Waals surface area contributed by atoms with Gasteiger partial charge in [0, 0.05) is 5.69 Å². The summed E-state index contributed by atoms with van der Waals surface area (Å²) in [5, 5.41) is 0. The van der Waals surface area contributed by atoms with Crippen LogP contribution >= 0.6 is 0 Å². The summed E-state index contributed by atoms with van der Waals surface area (Å²) < 4.78 is 4.59. The van der Waals surface area contributed by atoms with Gasteiger partial charge in [0.2, 0.25) is 0 Å². The van der Waals surface area contributed by atoms with Crippen LogP contribution in [0.15, 0.2) is 0 Å². The number of cyclic esters (lactones) is 2. The van der Waals surface area contributed by atoms with Crippen molar-refractivity contribution in [2.24, 2.45) is 0 Å². The van der Waals surface area contributed by atoms with Crippen molar-refractivity contribution in [1.29, 1.82) is 0 Å². The molecule has 0 amide bonds. The van der Waals surface area contributed by atoms with E-state index < -0.39 is 11.9 Å². The van der Waals surface area contributed by atoms with Gasteiger partial charge >= 0.3 is 11.9 Å². The zero-order valence-corrected chi connectivity index (χ0v) is 8.88. The highest BCUT2D eigenvalue weighted by Crippen LogP contribution is 2.27. The Morgan fingerprint density at radius 1 is 1.13 bits per heavy atom. The van der Waals surface area contributed by atoms with Gasteiger partial charge in [-0.2, -0.15) is 0 Å². The number of aryl methyl sites for hydroxylation is 2. The molecule has 4 nitrogen and oxygen atoms in total. The largest absolute Gasteiger partial charge is 0.386 e. The van der Waals surface area contributed by atoms with Crippen LogP contribution in [-0.2, 0) is 11.2 Å². The lowest BCUT2D eigenvalue weighted by Crippen LogP contribution is -2.06. The SMILES string of the molecule is CCc1nc(C)c(C)c2c1C(=O)OC2=O. The second kappa shape index (κ2) is 3.15. The Balaban J connectivity index is 2.82. The highest BCUT2D eigenvalue weighted by molar-refractivity contribution is 6.16. The Hall–Kier alpha value is -1.71. The van der Waals surface area contributed by atoms with Crippen LogP contribution in [0, 0.1) is 13.8 Å². The van der Waals surface area contributed by atoms with E-state index >= 15 is 0 Å². The summed E-state index contributed by atoms with van der Waals surface area (Å²) in [6.07, 6.45) is 0.617. The normalized spacial score (nSPS) is 14.1. The van der Waals surface area contributed by atoms with E-state index in [4.69, 9.17) is 0 Å². The van der Waals surface area contributed by atoms with E-state index in [1.807, 2.05) is 13.8 Å². The zero-order chi connectivity index (χ0) is 11.2. The van der Waals surface area contributed by atoms with Gasteiger partial charge in [0.15, 0.2) is 0 Å². The first-order chi connectivity index (χ1) is 7.06. The smallest absolute Gasteiger partial charge is 0.348 e. The molecular weight excluding hydrogens is 194 g/mol. The molecule has 0 bridgehead atoms. The number of rotatable bonds is 1. The average Bonchev–Trinajstić information content (AvgIpc) is 2.48. The number of carbonyl (C=O) groups excluding carboxylic acids is 2. The first kappa shape index (κ1) is 9.83. The van der Waals surface area contributed by atoms with Gasteiger partial charge in [-0.25, -0.2) is 9.59 Å². The van der Waals surface area contributed by atoms with Crippen molar-refractivity contribution in [3.05, 3.63) is 28.1 Å². The number of carbonyl (C=O) groups is 2. The van der Waals surface area contributed by atoms with E-state index in [0.29, 0.717) is 23.2 Å². The molecule has 0 aliphatic carbocycles. The number of fused-ring (bicyclic) bond motifs is 1. The second-order valence-corrected chi connectivity index (χ2v) is 3.55. The monoisotopic (exact) mass is 205 g/mol. The Kier molecular flexibility index (Phi) is 2.07. The van der Waals surface area contributed by atoms with Crippen LogP contribution in [0.4, 0.5) is 0 Å². The van der Waals surface area contributed by atoms with E-state index in [1.165, 1.54) is 0 Å². The zero-order valence-electron chi connectivity index (χ0n) is 8.88. The van der Waals surface area contributed by atoms with Gasteiger partial charge in [0.25, 0.3) is 0 Å². The highest BCUT2D eigenvalue weighted by atomic mass is 16.6. The number of nitrogens with zero attached hydrogens (tertiary/aromatic N) is 1. The molecule has 0 aromatic carbocycles. The Labute approximate surface area is 87.3 Å². The fourth-order valence-corrected chi connectivity index (χ4v) is 1.77. The first-order valence-electron chi connectivity index (χ1n) is 4.82. The fraction of sp³-hybridized carbons (Fsp3) is 0.364. The Morgan fingerprint density at radius 3 is 2.33 bits per heavy atom. The number of hydrogen-bond donors (Lipinski definition) is 0. The van der Waals surface area contributed by atoms with Crippen LogP contribution < -0.4 is 0 Å². The van der Waals surface area contributed by atoms with Gasteiger partial charge in [0.05, 0.1) is 16.8 Å². The summed E-state index contributed by atoms with van der Waals surface area (Å²) in [5.74, 6) is -1.12. The molecule has 1 aromatic heterocycles. The van der Waals surface area contributed by atoms with Crippen molar-refractivity contribution in [3.63, 3.8) is 0 Å². The van der Waals surface area contributed by atoms with Crippen LogP contribution in [-0.4, -0.2) is 16.9 Å². The van der Waals surface area contributed by atoms with Crippen molar-refractivity contribution in [3.8, 4) is 0 Å². The topological polar surface area (TPSA) is 56.3 Å². The minimum atomic E-state index is -0.567. The summed E-state index contributed by atoms with van der Waals surface area (Å²) in [4.78, 5) is 27.2. The third-order valence-electron chi connectivity index (χ3n) is 2.69. The fourth-order valence-electron chi connectivity index (χ4n) is 1.77. The van der Waals surface area contributed by atoms with Gasteiger partial charge in [-0.1, -0.05) is 6.92 Å². The molecule has 0 unspecified atom stereocenters. The molecule has 0 saturated carbocycles. The van der Waals surface area contributed by atoms with Gasteiger partial charge in [-0.15, -0.1) is 0 Å². The minimum absolute atomic E-state index is 0.352. The van der Waals surface area contributed by atoms with Crippen LogP contribution in [0.25, 0.3) is 0 Å². The number of hydrogen-bond acceptors (Lipinski definition) is 4. The lowest BCUT2D eigenvalue weighted by molar-refractivity contribution is 0.0443. The quantitative estimate of drug-likeness (QED) is 0.515. The molecule has 0 saturated heterocycles.